The molecular weight excluding hydrogens is 398 g/mol. The van der Waals surface area contributed by atoms with Crippen molar-refractivity contribution in [2.75, 3.05) is 23.4 Å². The van der Waals surface area contributed by atoms with E-state index in [1.54, 1.807) is 17.0 Å². The number of amides is 2. The topological polar surface area (TPSA) is 84.9 Å². The SMILES string of the molecule is O=C(COC(=O)c1ccc(N2CCCCC2=O)cc1)Nc1ccccc1OC(F)F. The molecule has 2 aromatic rings. The van der Waals surface area contributed by atoms with Crippen LogP contribution in [0.2, 0.25) is 0 Å². The molecule has 0 saturated carbocycles. The maximum Gasteiger partial charge on any atom is 0.387 e. The van der Waals surface area contributed by atoms with Gasteiger partial charge in [-0.25, -0.2) is 4.79 Å². The number of benzene rings is 2. The Hall–Kier alpha value is -3.49. The summed E-state index contributed by atoms with van der Waals surface area (Å²) in [6.07, 6.45) is 2.31. The van der Waals surface area contributed by atoms with E-state index in [1.807, 2.05) is 0 Å². The predicted molar refractivity (Wildman–Crippen MR) is 105 cm³/mol. The largest absolute Gasteiger partial charge is 0.452 e. The number of para-hydroxylation sites is 2. The first-order valence-electron chi connectivity index (χ1n) is 9.35. The van der Waals surface area contributed by atoms with Gasteiger partial charge in [0.2, 0.25) is 5.91 Å². The summed E-state index contributed by atoms with van der Waals surface area (Å²) in [4.78, 5) is 37.8. The van der Waals surface area contributed by atoms with Crippen LogP contribution in [0.3, 0.4) is 0 Å². The highest BCUT2D eigenvalue weighted by Crippen LogP contribution is 2.25. The van der Waals surface area contributed by atoms with E-state index in [-0.39, 0.29) is 22.9 Å². The van der Waals surface area contributed by atoms with Gasteiger partial charge in [-0.05, 0) is 49.2 Å². The third-order valence-electron chi connectivity index (χ3n) is 4.45. The van der Waals surface area contributed by atoms with Crippen LogP contribution < -0.4 is 15.0 Å². The second-order valence-electron chi connectivity index (χ2n) is 6.55. The Balaban J connectivity index is 1.54. The van der Waals surface area contributed by atoms with Crippen LogP contribution in [0.25, 0.3) is 0 Å². The maximum atomic E-state index is 12.4. The summed E-state index contributed by atoms with van der Waals surface area (Å²) < 4.78 is 34.1. The monoisotopic (exact) mass is 418 g/mol. The second-order valence-corrected chi connectivity index (χ2v) is 6.55. The van der Waals surface area contributed by atoms with Crippen molar-refractivity contribution in [1.29, 1.82) is 0 Å². The van der Waals surface area contributed by atoms with Crippen molar-refractivity contribution in [2.24, 2.45) is 0 Å². The van der Waals surface area contributed by atoms with Crippen molar-refractivity contribution >= 4 is 29.2 Å². The number of hydrogen-bond donors (Lipinski definition) is 1. The van der Waals surface area contributed by atoms with E-state index in [1.165, 1.54) is 36.4 Å². The van der Waals surface area contributed by atoms with Gasteiger partial charge in [0.25, 0.3) is 5.91 Å². The zero-order chi connectivity index (χ0) is 21.5. The fourth-order valence-corrected chi connectivity index (χ4v) is 3.03. The average molecular weight is 418 g/mol. The summed E-state index contributed by atoms with van der Waals surface area (Å²) in [7, 11) is 0. The van der Waals surface area contributed by atoms with Gasteiger partial charge in [0.15, 0.2) is 6.61 Å². The molecule has 0 bridgehead atoms. The number of ether oxygens (including phenoxy) is 2. The smallest absolute Gasteiger partial charge is 0.387 e. The number of nitrogens with one attached hydrogen (secondary N) is 1. The highest BCUT2D eigenvalue weighted by molar-refractivity contribution is 5.97. The highest BCUT2D eigenvalue weighted by Gasteiger charge is 2.20. The summed E-state index contributed by atoms with van der Waals surface area (Å²) in [5, 5.41) is 2.36. The average Bonchev–Trinajstić information content (AvgIpc) is 2.73. The summed E-state index contributed by atoms with van der Waals surface area (Å²) in [5.41, 5.74) is 0.955. The van der Waals surface area contributed by atoms with Crippen LogP contribution in [-0.2, 0) is 14.3 Å². The van der Waals surface area contributed by atoms with Crippen molar-refractivity contribution < 1.29 is 32.6 Å². The van der Waals surface area contributed by atoms with E-state index in [9.17, 15) is 23.2 Å². The highest BCUT2D eigenvalue weighted by atomic mass is 19.3. The van der Waals surface area contributed by atoms with Crippen LogP contribution >= 0.6 is 0 Å². The van der Waals surface area contributed by atoms with Gasteiger partial charge < -0.3 is 19.7 Å². The Bertz CT molecular complexity index is 918. The summed E-state index contributed by atoms with van der Waals surface area (Å²) in [5.74, 6) is -1.58. The minimum absolute atomic E-state index is 0.0365. The number of hydrogen-bond acceptors (Lipinski definition) is 5. The molecule has 3 rings (SSSR count). The number of carbonyl (C=O) groups excluding carboxylic acids is 3. The molecule has 1 aliphatic heterocycles. The van der Waals surface area contributed by atoms with Gasteiger partial charge in [0, 0.05) is 18.7 Å². The molecule has 30 heavy (non-hydrogen) atoms. The predicted octanol–water partition coefficient (Wildman–Crippen LogP) is 3.60. The molecule has 158 valence electrons. The Kier molecular flexibility index (Phi) is 6.95. The lowest BCUT2D eigenvalue weighted by molar-refractivity contribution is -0.120. The van der Waals surface area contributed by atoms with Crippen LogP contribution in [0.1, 0.15) is 29.6 Å². The van der Waals surface area contributed by atoms with Crippen LogP contribution in [0.15, 0.2) is 48.5 Å². The minimum atomic E-state index is -3.04. The lowest BCUT2D eigenvalue weighted by Gasteiger charge is -2.26. The molecule has 9 heteroatoms. The number of alkyl halides is 2. The Morgan fingerprint density at radius 2 is 1.80 bits per heavy atom. The molecule has 0 aliphatic carbocycles. The number of nitrogens with zero attached hydrogens (tertiary/aromatic N) is 1. The Morgan fingerprint density at radius 3 is 2.50 bits per heavy atom. The van der Waals surface area contributed by atoms with Crippen molar-refractivity contribution in [3.05, 3.63) is 54.1 Å². The van der Waals surface area contributed by atoms with Crippen LogP contribution in [0.4, 0.5) is 20.2 Å². The van der Waals surface area contributed by atoms with E-state index in [4.69, 9.17) is 4.74 Å². The van der Waals surface area contributed by atoms with Crippen LogP contribution in [-0.4, -0.2) is 37.5 Å². The van der Waals surface area contributed by atoms with Crippen molar-refractivity contribution in [1.82, 2.24) is 0 Å². The summed E-state index contributed by atoms with van der Waals surface area (Å²) in [6.45, 7) is -3.00. The number of esters is 1. The third kappa shape index (κ3) is 5.53. The fourth-order valence-electron chi connectivity index (χ4n) is 3.03. The van der Waals surface area contributed by atoms with Gasteiger partial charge >= 0.3 is 12.6 Å². The molecule has 2 aromatic carbocycles. The Morgan fingerprint density at radius 1 is 1.07 bits per heavy atom. The van der Waals surface area contributed by atoms with Gasteiger partial charge in [0.05, 0.1) is 11.3 Å². The van der Waals surface area contributed by atoms with Crippen molar-refractivity contribution in [3.63, 3.8) is 0 Å². The van der Waals surface area contributed by atoms with E-state index in [0.29, 0.717) is 18.7 Å². The lowest BCUT2D eigenvalue weighted by atomic mass is 10.1. The molecule has 0 radical (unpaired) electrons. The second kappa shape index (κ2) is 9.82. The quantitative estimate of drug-likeness (QED) is 0.695. The standard InChI is InChI=1S/C21H20F2N2O5/c22-21(23)30-17-6-2-1-5-16(17)24-18(26)13-29-20(28)14-8-10-15(11-9-14)25-12-4-3-7-19(25)27/h1-2,5-6,8-11,21H,3-4,7,12-13H2,(H,24,26). The molecule has 0 atom stereocenters. The van der Waals surface area contributed by atoms with Gasteiger partial charge in [0.1, 0.15) is 5.75 Å². The number of anilines is 2. The molecule has 1 aliphatic rings. The first-order chi connectivity index (χ1) is 14.4. The molecular formula is C21H20F2N2O5. The zero-order valence-corrected chi connectivity index (χ0v) is 16.0. The number of carbonyl (C=O) groups is 3. The molecule has 2 amide bonds. The molecule has 0 unspecified atom stereocenters. The zero-order valence-electron chi connectivity index (χ0n) is 16.0. The third-order valence-corrected chi connectivity index (χ3v) is 4.45. The van der Waals surface area contributed by atoms with Crippen LogP contribution in [0, 0.1) is 0 Å². The van der Waals surface area contributed by atoms with E-state index >= 15 is 0 Å². The molecule has 1 N–H and O–H groups in total. The first kappa shape index (κ1) is 21.2. The van der Waals surface area contributed by atoms with Crippen LogP contribution in [0.5, 0.6) is 5.75 Å². The molecule has 7 nitrogen and oxygen atoms in total. The summed E-state index contributed by atoms with van der Waals surface area (Å²) in [6, 6.07) is 12.0. The Labute approximate surface area is 171 Å². The summed E-state index contributed by atoms with van der Waals surface area (Å²) >= 11 is 0. The maximum absolute atomic E-state index is 12.4. The number of rotatable bonds is 7. The number of halogens is 2. The van der Waals surface area contributed by atoms with Gasteiger partial charge in [-0.2, -0.15) is 8.78 Å². The molecule has 0 spiro atoms. The van der Waals surface area contributed by atoms with Gasteiger partial charge in [-0.15, -0.1) is 0 Å². The van der Waals surface area contributed by atoms with E-state index < -0.39 is 25.1 Å². The lowest BCUT2D eigenvalue weighted by Crippen LogP contribution is -2.35. The van der Waals surface area contributed by atoms with Crippen molar-refractivity contribution in [3.8, 4) is 5.75 Å². The minimum Gasteiger partial charge on any atom is -0.452 e. The molecule has 1 fully saturated rings. The molecule has 0 aromatic heterocycles. The van der Waals surface area contributed by atoms with Gasteiger partial charge in [-0.3, -0.25) is 9.59 Å². The molecule has 1 saturated heterocycles. The van der Waals surface area contributed by atoms with Crippen molar-refractivity contribution in [2.45, 2.75) is 25.9 Å². The number of piperidine rings is 1. The normalized spacial score (nSPS) is 13.8. The van der Waals surface area contributed by atoms with E-state index in [0.717, 1.165) is 12.8 Å². The van der Waals surface area contributed by atoms with Gasteiger partial charge in [-0.1, -0.05) is 12.1 Å². The van der Waals surface area contributed by atoms with E-state index in [2.05, 4.69) is 10.1 Å². The fraction of sp³-hybridized carbons (Fsp3) is 0.286. The molecule has 1 heterocycles. The first-order valence-corrected chi connectivity index (χ1v) is 9.35.